The molecule has 0 saturated heterocycles. The second-order valence-corrected chi connectivity index (χ2v) is 3.33. The van der Waals surface area contributed by atoms with Crippen LogP contribution in [0.25, 0.3) is 0 Å². The van der Waals surface area contributed by atoms with Gasteiger partial charge in [-0.05, 0) is 13.3 Å². The van der Waals surface area contributed by atoms with Crippen LogP contribution in [0.15, 0.2) is 0 Å². The Kier molecular flexibility index (Phi) is 6.44. The van der Waals surface area contributed by atoms with Crippen molar-refractivity contribution in [1.29, 1.82) is 0 Å². The van der Waals surface area contributed by atoms with E-state index in [-0.39, 0.29) is 19.1 Å². The van der Waals surface area contributed by atoms with Gasteiger partial charge in [-0.15, -0.1) is 0 Å². The predicted molar refractivity (Wildman–Crippen MR) is 54.5 cm³/mol. The molecule has 6 nitrogen and oxygen atoms in total. The molecule has 2 amide bonds. The van der Waals surface area contributed by atoms with Gasteiger partial charge in [0.05, 0.1) is 0 Å². The number of carboxylic acid groups (broad SMARTS) is 1. The van der Waals surface area contributed by atoms with Crippen LogP contribution in [0.1, 0.15) is 26.7 Å². The lowest BCUT2D eigenvalue weighted by Crippen LogP contribution is -2.48. The van der Waals surface area contributed by atoms with Crippen molar-refractivity contribution in [2.24, 2.45) is 0 Å². The molecule has 0 aromatic carbocycles. The number of urea groups is 1. The van der Waals surface area contributed by atoms with Crippen LogP contribution in [-0.4, -0.2) is 40.9 Å². The number of carbonyl (C=O) groups is 2. The van der Waals surface area contributed by atoms with E-state index < -0.39 is 18.0 Å². The Bertz CT molecular complexity index is 220. The first-order valence-electron chi connectivity index (χ1n) is 4.92. The molecule has 0 fully saturated rings. The average Bonchev–Trinajstić information content (AvgIpc) is 2.16. The molecule has 0 aromatic rings. The molecular weight excluding hydrogens is 200 g/mol. The van der Waals surface area contributed by atoms with E-state index in [0.717, 1.165) is 6.42 Å². The fourth-order valence-corrected chi connectivity index (χ4v) is 0.912. The van der Waals surface area contributed by atoms with Crippen LogP contribution in [0.4, 0.5) is 4.79 Å². The molecular formula is C9H18N2O4. The second-order valence-electron chi connectivity index (χ2n) is 3.33. The maximum absolute atomic E-state index is 11.2. The fraction of sp³-hybridized carbons (Fsp3) is 0.778. The highest BCUT2D eigenvalue weighted by Gasteiger charge is 2.19. The molecule has 2 atom stereocenters. The third kappa shape index (κ3) is 5.90. The van der Waals surface area contributed by atoms with Crippen LogP contribution in [0, 0.1) is 0 Å². The zero-order valence-electron chi connectivity index (χ0n) is 8.99. The zero-order chi connectivity index (χ0) is 11.8. The molecule has 15 heavy (non-hydrogen) atoms. The number of aliphatic carboxylic acids is 1. The predicted octanol–water partition coefficient (Wildman–Crippen LogP) is -0.0803. The highest BCUT2D eigenvalue weighted by Crippen LogP contribution is 1.93. The lowest BCUT2D eigenvalue weighted by atomic mass is 10.2. The molecule has 6 heteroatoms. The minimum absolute atomic E-state index is 0.00323. The Morgan fingerprint density at radius 3 is 2.33 bits per heavy atom. The number of hydrogen-bond acceptors (Lipinski definition) is 3. The quantitative estimate of drug-likeness (QED) is 0.501. The summed E-state index contributed by atoms with van der Waals surface area (Å²) < 4.78 is 0. The molecule has 0 aliphatic rings. The summed E-state index contributed by atoms with van der Waals surface area (Å²) in [6, 6.07) is -1.57. The van der Waals surface area contributed by atoms with Gasteiger partial charge in [-0.1, -0.05) is 6.92 Å². The Morgan fingerprint density at radius 2 is 1.93 bits per heavy atom. The topological polar surface area (TPSA) is 98.7 Å². The van der Waals surface area contributed by atoms with Crippen LogP contribution in [0.3, 0.4) is 0 Å². The van der Waals surface area contributed by atoms with Gasteiger partial charge < -0.3 is 20.8 Å². The van der Waals surface area contributed by atoms with E-state index in [0.29, 0.717) is 0 Å². The fourth-order valence-electron chi connectivity index (χ4n) is 0.912. The Hall–Kier alpha value is -1.30. The average molecular weight is 218 g/mol. The van der Waals surface area contributed by atoms with Crippen LogP contribution in [0.5, 0.6) is 0 Å². The summed E-state index contributed by atoms with van der Waals surface area (Å²) >= 11 is 0. The van der Waals surface area contributed by atoms with Gasteiger partial charge in [-0.3, -0.25) is 0 Å². The monoisotopic (exact) mass is 218 g/mol. The van der Waals surface area contributed by atoms with Crippen LogP contribution < -0.4 is 10.6 Å². The third-order valence-electron chi connectivity index (χ3n) is 2.01. The van der Waals surface area contributed by atoms with E-state index in [1.807, 2.05) is 13.8 Å². The normalized spacial score (nSPS) is 14.1. The molecule has 0 aliphatic heterocycles. The first-order valence-corrected chi connectivity index (χ1v) is 4.92. The second kappa shape index (κ2) is 7.05. The molecule has 0 heterocycles. The molecule has 0 saturated carbocycles. The number of carbonyl (C=O) groups excluding carboxylic acids is 1. The number of amides is 2. The Labute approximate surface area is 88.7 Å². The molecule has 88 valence electrons. The molecule has 0 aliphatic carbocycles. The standard InChI is InChI=1S/C9H18N2O4/c1-3-6(2)10-9(15)11-7(4-5-12)8(13)14/h6-7,12H,3-5H2,1-2H3,(H,13,14)(H2,10,11,15)/t6?,7-/m0/s1. The summed E-state index contributed by atoms with van der Waals surface area (Å²) in [5, 5.41) is 22.1. The minimum atomic E-state index is -1.15. The van der Waals surface area contributed by atoms with Gasteiger partial charge in [0.25, 0.3) is 0 Å². The molecule has 1 unspecified atom stereocenters. The van der Waals surface area contributed by atoms with Crippen molar-refractivity contribution in [1.82, 2.24) is 10.6 Å². The summed E-state index contributed by atoms with van der Waals surface area (Å²) in [6.45, 7) is 3.45. The lowest BCUT2D eigenvalue weighted by molar-refractivity contribution is -0.139. The SMILES string of the molecule is CCC(C)NC(=O)N[C@@H](CCO)C(=O)O. The summed E-state index contributed by atoms with van der Waals surface area (Å²) in [5.41, 5.74) is 0. The van der Waals surface area contributed by atoms with Crippen molar-refractivity contribution in [2.45, 2.75) is 38.8 Å². The summed E-state index contributed by atoms with van der Waals surface area (Å²) in [6.07, 6.45) is 0.772. The molecule has 0 spiro atoms. The largest absolute Gasteiger partial charge is 0.480 e. The first-order chi connectivity index (χ1) is 7.01. The number of hydrogen-bond donors (Lipinski definition) is 4. The van der Waals surface area contributed by atoms with Crippen molar-refractivity contribution in [3.63, 3.8) is 0 Å². The van der Waals surface area contributed by atoms with Gasteiger partial charge in [-0.2, -0.15) is 0 Å². The Balaban J connectivity index is 4.05. The van der Waals surface area contributed by atoms with Crippen LogP contribution in [0.2, 0.25) is 0 Å². The van der Waals surface area contributed by atoms with Crippen molar-refractivity contribution in [2.75, 3.05) is 6.61 Å². The van der Waals surface area contributed by atoms with Gasteiger partial charge in [0.1, 0.15) is 6.04 Å². The van der Waals surface area contributed by atoms with E-state index in [1.54, 1.807) is 0 Å². The number of nitrogens with one attached hydrogen (secondary N) is 2. The number of rotatable bonds is 6. The maximum atomic E-state index is 11.2. The van der Waals surface area contributed by atoms with E-state index >= 15 is 0 Å². The van der Waals surface area contributed by atoms with Gasteiger partial charge >= 0.3 is 12.0 Å². The zero-order valence-corrected chi connectivity index (χ0v) is 8.99. The molecule has 4 N–H and O–H groups in total. The molecule has 0 bridgehead atoms. The highest BCUT2D eigenvalue weighted by molar-refractivity contribution is 5.82. The van der Waals surface area contributed by atoms with Gasteiger partial charge in [-0.25, -0.2) is 9.59 Å². The summed E-state index contributed by atoms with van der Waals surface area (Å²) in [5.74, 6) is -1.15. The molecule has 0 aromatic heterocycles. The highest BCUT2D eigenvalue weighted by atomic mass is 16.4. The third-order valence-corrected chi connectivity index (χ3v) is 2.01. The van der Waals surface area contributed by atoms with Gasteiger partial charge in [0.2, 0.25) is 0 Å². The Morgan fingerprint density at radius 1 is 1.33 bits per heavy atom. The van der Waals surface area contributed by atoms with E-state index in [1.165, 1.54) is 0 Å². The number of aliphatic hydroxyl groups excluding tert-OH is 1. The lowest BCUT2D eigenvalue weighted by Gasteiger charge is -2.16. The molecule has 0 rings (SSSR count). The summed E-state index contributed by atoms with van der Waals surface area (Å²) in [7, 11) is 0. The maximum Gasteiger partial charge on any atom is 0.326 e. The number of carboxylic acids is 1. The van der Waals surface area contributed by atoms with Crippen molar-refractivity contribution in [3.05, 3.63) is 0 Å². The van der Waals surface area contributed by atoms with Gasteiger partial charge in [0, 0.05) is 19.1 Å². The number of aliphatic hydroxyl groups is 1. The first kappa shape index (κ1) is 13.7. The van der Waals surface area contributed by atoms with E-state index in [9.17, 15) is 9.59 Å². The van der Waals surface area contributed by atoms with Gasteiger partial charge in [0.15, 0.2) is 0 Å². The van der Waals surface area contributed by atoms with Crippen molar-refractivity contribution >= 4 is 12.0 Å². The van der Waals surface area contributed by atoms with E-state index in [2.05, 4.69) is 10.6 Å². The van der Waals surface area contributed by atoms with Crippen molar-refractivity contribution < 1.29 is 19.8 Å². The van der Waals surface area contributed by atoms with E-state index in [4.69, 9.17) is 10.2 Å². The molecule has 0 radical (unpaired) electrons. The minimum Gasteiger partial charge on any atom is -0.480 e. The summed E-state index contributed by atoms with van der Waals surface area (Å²) in [4.78, 5) is 21.9. The van der Waals surface area contributed by atoms with Crippen LogP contribution >= 0.6 is 0 Å². The van der Waals surface area contributed by atoms with Crippen LogP contribution in [-0.2, 0) is 4.79 Å². The van der Waals surface area contributed by atoms with Crippen molar-refractivity contribution in [3.8, 4) is 0 Å². The smallest absolute Gasteiger partial charge is 0.326 e.